The molecule has 0 radical (unpaired) electrons. The van der Waals surface area contributed by atoms with E-state index in [1.807, 2.05) is 18.9 Å². The summed E-state index contributed by atoms with van der Waals surface area (Å²) in [5.41, 5.74) is 2.81. The van der Waals surface area contributed by atoms with Crippen LogP contribution in [0.2, 0.25) is 0 Å². The molecule has 0 atom stereocenters. The van der Waals surface area contributed by atoms with Crippen LogP contribution in [0.15, 0.2) is 65.1 Å². The van der Waals surface area contributed by atoms with Gasteiger partial charge in [-0.05, 0) is 44.2 Å². The first kappa shape index (κ1) is 19.5. The Balaban J connectivity index is 1.46. The van der Waals surface area contributed by atoms with Gasteiger partial charge in [0.2, 0.25) is 0 Å². The highest BCUT2D eigenvalue weighted by Gasteiger charge is 2.34. The Morgan fingerprint density at radius 2 is 1.85 bits per heavy atom. The molecule has 26 heavy (non-hydrogen) atoms. The number of allylic oxidation sites excluding steroid dienone is 5. The molecule has 1 aliphatic heterocycles. The minimum absolute atomic E-state index is 0.0252. The quantitative estimate of drug-likeness (QED) is 0.653. The summed E-state index contributed by atoms with van der Waals surface area (Å²) in [6, 6.07) is 10.8. The number of hydrogen-bond donors (Lipinski definition) is 0. The van der Waals surface area contributed by atoms with Crippen molar-refractivity contribution in [3.05, 3.63) is 70.7 Å². The van der Waals surface area contributed by atoms with E-state index in [-0.39, 0.29) is 5.60 Å². The smallest absolute Gasteiger partial charge is 0.0796 e. The van der Waals surface area contributed by atoms with Crippen LogP contribution in [0.3, 0.4) is 0 Å². The number of ether oxygens (including phenoxy) is 1. The van der Waals surface area contributed by atoms with E-state index < -0.39 is 0 Å². The van der Waals surface area contributed by atoms with Gasteiger partial charge >= 0.3 is 0 Å². The van der Waals surface area contributed by atoms with Crippen LogP contribution in [0.5, 0.6) is 0 Å². The lowest BCUT2D eigenvalue weighted by atomic mass is 9.93. The zero-order chi connectivity index (χ0) is 18.2. The molecule has 2 aliphatic rings. The summed E-state index contributed by atoms with van der Waals surface area (Å²) in [7, 11) is 1.89. The van der Waals surface area contributed by atoms with Gasteiger partial charge < -0.3 is 9.64 Å². The van der Waals surface area contributed by atoms with Crippen molar-refractivity contribution in [3.8, 4) is 0 Å². The van der Waals surface area contributed by atoms with Crippen molar-refractivity contribution in [2.45, 2.75) is 38.2 Å². The Kier molecular flexibility index (Phi) is 7.18. The van der Waals surface area contributed by atoms with E-state index in [1.54, 1.807) is 0 Å². The molecule has 2 nitrogen and oxygen atoms in total. The second kappa shape index (κ2) is 9.59. The van der Waals surface area contributed by atoms with Crippen LogP contribution < -0.4 is 0 Å². The molecule has 1 fully saturated rings. The van der Waals surface area contributed by atoms with Crippen LogP contribution in [-0.4, -0.2) is 43.0 Å². The van der Waals surface area contributed by atoms with Gasteiger partial charge in [-0.15, -0.1) is 11.8 Å². The van der Waals surface area contributed by atoms with E-state index in [0.29, 0.717) is 0 Å². The SMILES string of the molecule is COC1(CSC2=CCC=C(C)C=C2)CCN(CCc2ccccc2)CC1. The van der Waals surface area contributed by atoms with Gasteiger partial charge in [0.1, 0.15) is 0 Å². The summed E-state index contributed by atoms with van der Waals surface area (Å²) >= 11 is 1.95. The monoisotopic (exact) mass is 369 g/mol. The first-order chi connectivity index (χ1) is 12.7. The van der Waals surface area contributed by atoms with Gasteiger partial charge in [-0.25, -0.2) is 0 Å². The van der Waals surface area contributed by atoms with Gasteiger partial charge in [0.25, 0.3) is 0 Å². The van der Waals surface area contributed by atoms with E-state index in [9.17, 15) is 0 Å². The summed E-state index contributed by atoms with van der Waals surface area (Å²) in [6.07, 6.45) is 13.5. The molecular formula is C23H31NOS. The van der Waals surface area contributed by atoms with Crippen molar-refractivity contribution < 1.29 is 4.74 Å². The lowest BCUT2D eigenvalue weighted by Crippen LogP contribution is -2.47. The van der Waals surface area contributed by atoms with Gasteiger partial charge in [-0.3, -0.25) is 0 Å². The van der Waals surface area contributed by atoms with E-state index in [4.69, 9.17) is 4.74 Å². The number of nitrogens with zero attached hydrogens (tertiary/aromatic N) is 1. The van der Waals surface area contributed by atoms with Crippen LogP contribution >= 0.6 is 11.8 Å². The molecule has 0 spiro atoms. The van der Waals surface area contributed by atoms with Gasteiger partial charge in [-0.1, -0.05) is 54.1 Å². The highest BCUT2D eigenvalue weighted by molar-refractivity contribution is 8.03. The lowest BCUT2D eigenvalue weighted by molar-refractivity contribution is -0.0384. The molecule has 1 saturated heterocycles. The minimum Gasteiger partial charge on any atom is -0.377 e. The molecule has 0 saturated carbocycles. The third-order valence-corrected chi connectivity index (χ3v) is 6.84. The van der Waals surface area contributed by atoms with Gasteiger partial charge in [0, 0.05) is 37.4 Å². The average Bonchev–Trinajstić information content (AvgIpc) is 2.91. The maximum Gasteiger partial charge on any atom is 0.0796 e. The predicted octanol–water partition coefficient (Wildman–Crippen LogP) is 5.23. The number of rotatable bonds is 7. The molecule has 3 heteroatoms. The molecule has 0 aromatic heterocycles. The van der Waals surface area contributed by atoms with Crippen LogP contribution in [0, 0.1) is 0 Å². The molecule has 1 aliphatic carbocycles. The summed E-state index contributed by atoms with van der Waals surface area (Å²) in [4.78, 5) is 3.97. The zero-order valence-corrected chi connectivity index (χ0v) is 16.9. The molecule has 3 rings (SSSR count). The highest BCUT2D eigenvalue weighted by atomic mass is 32.2. The second-order valence-corrected chi connectivity index (χ2v) is 8.43. The third kappa shape index (κ3) is 5.60. The molecule has 0 amide bonds. The standard InChI is InChI=1S/C23H31NOS/c1-20-7-6-10-22(12-11-20)26-19-23(25-2)14-17-24(18-15-23)16-13-21-8-4-3-5-9-21/h3-5,7-12H,6,13-19H2,1-2H3. The molecule has 140 valence electrons. The molecule has 1 aromatic rings. The van der Waals surface area contributed by atoms with Gasteiger partial charge in [-0.2, -0.15) is 0 Å². The highest BCUT2D eigenvalue weighted by Crippen LogP contribution is 2.33. The topological polar surface area (TPSA) is 12.5 Å². The molecule has 1 aromatic carbocycles. The van der Waals surface area contributed by atoms with E-state index in [2.05, 4.69) is 66.5 Å². The Morgan fingerprint density at radius 1 is 1.08 bits per heavy atom. The largest absolute Gasteiger partial charge is 0.377 e. The molecule has 0 unspecified atom stereocenters. The Bertz CT molecular complexity index is 654. The number of piperidine rings is 1. The van der Waals surface area contributed by atoms with Crippen molar-refractivity contribution in [2.75, 3.05) is 32.5 Å². The predicted molar refractivity (Wildman–Crippen MR) is 114 cm³/mol. The van der Waals surface area contributed by atoms with Crippen molar-refractivity contribution in [1.82, 2.24) is 4.90 Å². The fourth-order valence-electron chi connectivity index (χ4n) is 3.56. The van der Waals surface area contributed by atoms with E-state index >= 15 is 0 Å². The Labute approximate surface area is 163 Å². The normalized spacial score (nSPS) is 20.4. The number of hydrogen-bond acceptors (Lipinski definition) is 3. The average molecular weight is 370 g/mol. The number of benzene rings is 1. The van der Waals surface area contributed by atoms with Crippen molar-refractivity contribution >= 4 is 11.8 Å². The van der Waals surface area contributed by atoms with Crippen LogP contribution in [-0.2, 0) is 11.2 Å². The number of likely N-dealkylation sites (tertiary alicyclic amines) is 1. The fourth-order valence-corrected chi connectivity index (χ4v) is 4.77. The molecule has 1 heterocycles. The minimum atomic E-state index is 0.0252. The Hall–Kier alpha value is -1.29. The van der Waals surface area contributed by atoms with E-state index in [0.717, 1.165) is 51.1 Å². The maximum absolute atomic E-state index is 6.02. The Morgan fingerprint density at radius 3 is 2.58 bits per heavy atom. The molecular weight excluding hydrogens is 338 g/mol. The number of methoxy groups -OCH3 is 1. The lowest BCUT2D eigenvalue weighted by Gasteiger charge is -2.40. The molecule has 0 N–H and O–H groups in total. The van der Waals surface area contributed by atoms with Crippen LogP contribution in [0.1, 0.15) is 31.7 Å². The van der Waals surface area contributed by atoms with E-state index in [1.165, 1.54) is 16.0 Å². The third-order valence-electron chi connectivity index (χ3n) is 5.53. The summed E-state index contributed by atoms with van der Waals surface area (Å²) in [6.45, 7) is 5.59. The van der Waals surface area contributed by atoms with Gasteiger partial charge in [0.15, 0.2) is 0 Å². The van der Waals surface area contributed by atoms with Gasteiger partial charge in [0.05, 0.1) is 5.60 Å². The summed E-state index contributed by atoms with van der Waals surface area (Å²) < 4.78 is 6.02. The summed E-state index contributed by atoms with van der Waals surface area (Å²) in [5, 5.41) is 0. The zero-order valence-electron chi connectivity index (χ0n) is 16.1. The first-order valence-electron chi connectivity index (χ1n) is 9.68. The first-order valence-corrected chi connectivity index (χ1v) is 10.7. The van der Waals surface area contributed by atoms with Crippen molar-refractivity contribution in [3.63, 3.8) is 0 Å². The number of thioether (sulfide) groups is 1. The fraction of sp³-hybridized carbons (Fsp3) is 0.478. The second-order valence-electron chi connectivity index (χ2n) is 7.38. The van der Waals surface area contributed by atoms with Crippen LogP contribution in [0.4, 0.5) is 0 Å². The summed E-state index contributed by atoms with van der Waals surface area (Å²) in [5.74, 6) is 1.05. The maximum atomic E-state index is 6.02. The van der Waals surface area contributed by atoms with Crippen LogP contribution in [0.25, 0.3) is 0 Å². The van der Waals surface area contributed by atoms with Crippen molar-refractivity contribution in [2.24, 2.45) is 0 Å². The van der Waals surface area contributed by atoms with Crippen molar-refractivity contribution in [1.29, 1.82) is 0 Å². The molecule has 0 bridgehead atoms.